The van der Waals surface area contributed by atoms with Gasteiger partial charge in [0.15, 0.2) is 0 Å². The van der Waals surface area contributed by atoms with Gasteiger partial charge in [0, 0.05) is 36.1 Å². The summed E-state index contributed by atoms with van der Waals surface area (Å²) in [6, 6.07) is 7.00. The molecule has 0 radical (unpaired) electrons. The van der Waals surface area contributed by atoms with Crippen molar-refractivity contribution in [2.24, 2.45) is 10.9 Å². The number of fused-ring (bicyclic) bond motifs is 3. The number of benzene rings is 1. The number of halogens is 4. The molecule has 12 heteroatoms. The molecule has 0 saturated heterocycles. The maximum Gasteiger partial charge on any atom is 0.573 e. The second-order valence-corrected chi connectivity index (χ2v) is 9.16. The van der Waals surface area contributed by atoms with E-state index in [-0.39, 0.29) is 23.8 Å². The number of alkyl halides is 3. The minimum atomic E-state index is -4.95. The van der Waals surface area contributed by atoms with Crippen molar-refractivity contribution in [1.29, 1.82) is 0 Å². The zero-order valence-corrected chi connectivity index (χ0v) is 20.2. The van der Waals surface area contributed by atoms with E-state index < -0.39 is 30.1 Å². The first-order valence-electron chi connectivity index (χ1n) is 11.5. The van der Waals surface area contributed by atoms with Crippen molar-refractivity contribution in [3.63, 3.8) is 0 Å². The smallest absolute Gasteiger partial charge is 0.404 e. The van der Waals surface area contributed by atoms with Gasteiger partial charge in [-0.25, -0.2) is 4.98 Å². The lowest BCUT2D eigenvalue weighted by molar-refractivity contribution is -0.274. The minimum absolute atomic E-state index is 0.117. The van der Waals surface area contributed by atoms with Crippen LogP contribution >= 0.6 is 11.6 Å². The Morgan fingerprint density at radius 2 is 1.97 bits per heavy atom. The summed E-state index contributed by atoms with van der Waals surface area (Å²) >= 11 is 6.21. The van der Waals surface area contributed by atoms with Crippen LogP contribution in [-0.4, -0.2) is 38.5 Å². The van der Waals surface area contributed by atoms with Crippen molar-refractivity contribution < 1.29 is 32.2 Å². The molecule has 8 nitrogen and oxygen atoms in total. The average molecular weight is 533 g/mol. The number of carbonyl (C=O) groups excluding carboxylic acids is 2. The first-order chi connectivity index (χ1) is 17.6. The number of ether oxygens (including phenoxy) is 2. The van der Waals surface area contributed by atoms with Crippen molar-refractivity contribution in [1.82, 2.24) is 14.5 Å². The van der Waals surface area contributed by atoms with Crippen LogP contribution in [0.3, 0.4) is 0 Å². The van der Waals surface area contributed by atoms with Crippen molar-refractivity contribution in [3.05, 3.63) is 70.5 Å². The predicted octanol–water partition coefficient (Wildman–Crippen LogP) is 5.28. The second kappa shape index (κ2) is 9.62. The number of imidazole rings is 1. The largest absolute Gasteiger partial charge is 0.573 e. The molecule has 37 heavy (non-hydrogen) atoms. The second-order valence-electron chi connectivity index (χ2n) is 8.76. The predicted molar refractivity (Wildman–Crippen MR) is 126 cm³/mol. The zero-order chi connectivity index (χ0) is 26.3. The molecule has 5 rings (SSSR count). The van der Waals surface area contributed by atoms with E-state index in [1.54, 1.807) is 42.1 Å². The zero-order valence-electron chi connectivity index (χ0n) is 19.5. The van der Waals surface area contributed by atoms with Crippen LogP contribution in [-0.2, 0) is 14.3 Å². The van der Waals surface area contributed by atoms with Gasteiger partial charge < -0.3 is 9.47 Å². The normalized spacial score (nSPS) is 16.8. The molecule has 1 fully saturated rings. The van der Waals surface area contributed by atoms with Gasteiger partial charge in [-0.2, -0.15) is 0 Å². The molecule has 3 heterocycles. The van der Waals surface area contributed by atoms with Gasteiger partial charge in [-0.15, -0.1) is 13.2 Å². The molecule has 0 bridgehead atoms. The number of hydrogen-bond acceptors (Lipinski definition) is 7. The molecule has 1 aromatic carbocycles. The van der Waals surface area contributed by atoms with E-state index in [1.807, 2.05) is 0 Å². The third-order valence-corrected chi connectivity index (χ3v) is 6.27. The van der Waals surface area contributed by atoms with Crippen LogP contribution in [0.1, 0.15) is 54.5 Å². The van der Waals surface area contributed by atoms with Gasteiger partial charge in [0.05, 0.1) is 28.0 Å². The molecule has 0 spiro atoms. The van der Waals surface area contributed by atoms with Crippen molar-refractivity contribution in [2.45, 2.75) is 45.0 Å². The number of aliphatic imine (C=N–C) groups is 1. The maximum atomic E-state index is 13.1. The molecule has 2 aliphatic rings. The van der Waals surface area contributed by atoms with Crippen molar-refractivity contribution in [2.75, 3.05) is 0 Å². The molecule has 1 aliphatic heterocycles. The fourth-order valence-electron chi connectivity index (χ4n) is 4.13. The Hall–Kier alpha value is -3.73. The number of esters is 2. The summed E-state index contributed by atoms with van der Waals surface area (Å²) in [6.45, 7) is 1.74. The third kappa shape index (κ3) is 5.36. The molecular formula is C25H20ClF3N4O4. The molecule has 3 aromatic rings. The van der Waals surface area contributed by atoms with Crippen LogP contribution in [0.25, 0.3) is 5.69 Å². The van der Waals surface area contributed by atoms with Gasteiger partial charge in [0.2, 0.25) is 0 Å². The molecule has 1 aliphatic carbocycles. The van der Waals surface area contributed by atoms with Gasteiger partial charge >= 0.3 is 18.3 Å². The molecule has 0 amide bonds. The number of aryl methyl sites for hydroxylation is 1. The highest BCUT2D eigenvalue weighted by Crippen LogP contribution is 2.39. The fraction of sp³-hybridized carbons (Fsp3) is 0.320. The van der Waals surface area contributed by atoms with Gasteiger partial charge in [0.25, 0.3) is 0 Å². The number of carbonyl (C=O) groups is 2. The van der Waals surface area contributed by atoms with E-state index in [9.17, 15) is 22.8 Å². The lowest BCUT2D eigenvalue weighted by Crippen LogP contribution is -2.18. The molecule has 1 atom stereocenters. The highest BCUT2D eigenvalue weighted by atomic mass is 35.5. The topological polar surface area (TPSA) is 95.7 Å². The molecule has 1 saturated carbocycles. The van der Waals surface area contributed by atoms with Crippen molar-refractivity contribution >= 4 is 29.3 Å². The standard InChI is InChI=1S/C25H20ClF3N4O4/c1-13-12-31-23-18(7-8-21(34)36-24(35)14-5-6-14)32-22(17-4-2-3-9-30-17)15-10-16(26)20(37-25(27,28)29)11-19(15)33(13)23/h2-4,9-12,14,18H,5-8H2,1H3/t18-/m0/s1. The molecular weight excluding hydrogens is 513 g/mol. The van der Waals surface area contributed by atoms with E-state index in [0.717, 1.165) is 0 Å². The Kier molecular flexibility index (Phi) is 6.49. The Labute approximate surface area is 214 Å². The van der Waals surface area contributed by atoms with Crippen LogP contribution in [0.15, 0.2) is 47.7 Å². The lowest BCUT2D eigenvalue weighted by Gasteiger charge is -2.17. The average Bonchev–Trinajstić information content (AvgIpc) is 3.64. The van der Waals surface area contributed by atoms with Crippen LogP contribution in [0.5, 0.6) is 5.75 Å². The quantitative estimate of drug-likeness (QED) is 0.316. The van der Waals surface area contributed by atoms with Crippen LogP contribution in [0.4, 0.5) is 13.2 Å². The number of rotatable bonds is 6. The molecule has 0 N–H and O–H groups in total. The highest BCUT2D eigenvalue weighted by molar-refractivity contribution is 6.33. The summed E-state index contributed by atoms with van der Waals surface area (Å²) in [4.78, 5) is 37.9. The number of hydrogen-bond donors (Lipinski definition) is 0. The Balaban J connectivity index is 1.59. The lowest BCUT2D eigenvalue weighted by atomic mass is 10.0. The summed E-state index contributed by atoms with van der Waals surface area (Å²) in [5, 5.41) is -0.264. The monoisotopic (exact) mass is 532 g/mol. The Morgan fingerprint density at radius 1 is 1.19 bits per heavy atom. The van der Waals surface area contributed by atoms with Crippen LogP contribution in [0.2, 0.25) is 5.02 Å². The van der Waals surface area contributed by atoms with Gasteiger partial charge in [0.1, 0.15) is 17.6 Å². The third-order valence-electron chi connectivity index (χ3n) is 5.97. The summed E-state index contributed by atoms with van der Waals surface area (Å²) in [5.74, 6) is -1.60. The summed E-state index contributed by atoms with van der Waals surface area (Å²) in [7, 11) is 0. The van der Waals surface area contributed by atoms with Crippen LogP contribution < -0.4 is 4.74 Å². The van der Waals surface area contributed by atoms with E-state index >= 15 is 0 Å². The van der Waals surface area contributed by atoms with E-state index in [2.05, 4.69) is 14.7 Å². The van der Waals surface area contributed by atoms with Gasteiger partial charge in [-0.05, 0) is 44.4 Å². The maximum absolute atomic E-state index is 13.1. The SMILES string of the molecule is Cc1cnc2n1-c1cc(OC(F)(F)F)c(Cl)cc1C(c1ccccn1)=N[C@H]2CCC(=O)OC(=O)C1CC1. The molecule has 192 valence electrons. The van der Waals surface area contributed by atoms with E-state index in [4.69, 9.17) is 21.3 Å². The van der Waals surface area contributed by atoms with Gasteiger partial charge in [-0.1, -0.05) is 17.7 Å². The van der Waals surface area contributed by atoms with Crippen molar-refractivity contribution in [3.8, 4) is 11.4 Å². The molecule has 0 unspecified atom stereocenters. The fourth-order valence-corrected chi connectivity index (χ4v) is 4.33. The highest BCUT2D eigenvalue weighted by Gasteiger charge is 2.35. The summed E-state index contributed by atoms with van der Waals surface area (Å²) in [5.41, 5.74) is 2.14. The summed E-state index contributed by atoms with van der Waals surface area (Å²) in [6.07, 6.45) is -0.390. The van der Waals surface area contributed by atoms with Gasteiger partial charge in [-0.3, -0.25) is 24.1 Å². The van der Waals surface area contributed by atoms with Crippen LogP contribution in [0, 0.1) is 12.8 Å². The summed E-state index contributed by atoms with van der Waals surface area (Å²) < 4.78 is 50.0. The Bertz CT molecular complexity index is 1400. The van der Waals surface area contributed by atoms with E-state index in [0.29, 0.717) is 47.0 Å². The molecule has 2 aromatic heterocycles. The number of pyridine rings is 1. The Morgan fingerprint density at radius 3 is 2.65 bits per heavy atom. The number of aromatic nitrogens is 3. The first kappa shape index (κ1) is 24.9. The minimum Gasteiger partial charge on any atom is -0.404 e. The number of nitrogens with zero attached hydrogens (tertiary/aromatic N) is 4. The first-order valence-corrected chi connectivity index (χ1v) is 11.9. The van der Waals surface area contributed by atoms with E-state index in [1.165, 1.54) is 12.1 Å².